The standard InChI is InChI=1S/C15H28BNO2.C2HF3O2/c1-9(2)6-13(17)16-18-12-8-10-7-11(14(10,3)4)15(12,5)19-16;3-2(4,5)1(6)7/h9-13H,6-8,17H2,1-5H3;(H,6,7)/t10-,11-,12?,13-,15-;/m0./s1. The van der Waals surface area contributed by atoms with E-state index in [1.165, 1.54) is 6.42 Å². The van der Waals surface area contributed by atoms with E-state index in [0.29, 0.717) is 17.3 Å². The van der Waals surface area contributed by atoms with Gasteiger partial charge in [-0.25, -0.2) is 4.79 Å². The number of halogens is 3. The van der Waals surface area contributed by atoms with Crippen LogP contribution in [0.15, 0.2) is 0 Å². The third-order valence-corrected chi connectivity index (χ3v) is 6.30. The fourth-order valence-electron chi connectivity index (χ4n) is 4.74. The summed E-state index contributed by atoms with van der Waals surface area (Å²) in [6, 6.07) is 0. The molecular weight excluding hydrogens is 350 g/mol. The molecule has 3 aliphatic carbocycles. The average Bonchev–Trinajstić information content (AvgIpc) is 2.83. The number of carbonyl (C=O) groups is 1. The Hall–Kier alpha value is -0.795. The van der Waals surface area contributed by atoms with Crippen LogP contribution in [0.1, 0.15) is 53.9 Å². The van der Waals surface area contributed by atoms with Crippen molar-refractivity contribution in [2.75, 3.05) is 0 Å². The molecule has 0 aromatic rings. The van der Waals surface area contributed by atoms with Crippen molar-refractivity contribution in [3.8, 4) is 0 Å². The largest absolute Gasteiger partial charge is 0.490 e. The zero-order valence-corrected chi connectivity index (χ0v) is 16.0. The van der Waals surface area contributed by atoms with E-state index in [1.54, 1.807) is 0 Å². The summed E-state index contributed by atoms with van der Waals surface area (Å²) < 4.78 is 44.3. The van der Waals surface area contributed by atoms with Gasteiger partial charge in [0.1, 0.15) is 0 Å². The highest BCUT2D eigenvalue weighted by Crippen LogP contribution is 2.65. The smallest absolute Gasteiger partial charge is 0.475 e. The summed E-state index contributed by atoms with van der Waals surface area (Å²) in [6.45, 7) is 11.4. The molecule has 3 N–H and O–H groups in total. The maximum absolute atomic E-state index is 10.6. The quantitative estimate of drug-likeness (QED) is 0.736. The minimum absolute atomic E-state index is 0.00253. The lowest BCUT2D eigenvalue weighted by Crippen LogP contribution is -2.65. The lowest BCUT2D eigenvalue weighted by atomic mass is 9.43. The first kappa shape index (κ1) is 21.5. The molecule has 150 valence electrons. The van der Waals surface area contributed by atoms with Gasteiger partial charge in [-0.2, -0.15) is 13.2 Å². The van der Waals surface area contributed by atoms with Crippen LogP contribution in [0.2, 0.25) is 0 Å². The number of rotatable bonds is 3. The first-order chi connectivity index (χ1) is 11.7. The van der Waals surface area contributed by atoms with E-state index in [9.17, 15) is 13.2 Å². The molecule has 4 rings (SSSR count). The molecule has 0 radical (unpaired) electrons. The van der Waals surface area contributed by atoms with Crippen LogP contribution >= 0.6 is 0 Å². The Kier molecular flexibility index (Phi) is 5.77. The predicted octanol–water partition coefficient (Wildman–Crippen LogP) is 3.26. The SMILES string of the molecule is CC(C)C[C@H](N)B1OC2C[C@@H]3C[C@@H](C3(C)C)[C@]2(C)O1.O=C(O)C(F)(F)F. The van der Waals surface area contributed by atoms with Crippen LogP contribution in [0.4, 0.5) is 13.2 Å². The normalized spacial score (nSPS) is 35.9. The van der Waals surface area contributed by atoms with Crippen molar-refractivity contribution in [1.82, 2.24) is 0 Å². The monoisotopic (exact) mass is 379 g/mol. The van der Waals surface area contributed by atoms with Crippen molar-refractivity contribution in [2.45, 2.75) is 77.7 Å². The maximum Gasteiger partial charge on any atom is 0.490 e. The molecule has 4 aliphatic rings. The number of carboxylic acid groups (broad SMARTS) is 1. The van der Waals surface area contributed by atoms with Crippen molar-refractivity contribution in [3.63, 3.8) is 0 Å². The van der Waals surface area contributed by atoms with E-state index in [4.69, 9.17) is 24.9 Å². The van der Waals surface area contributed by atoms with Crippen LogP contribution < -0.4 is 5.73 Å². The van der Waals surface area contributed by atoms with Gasteiger partial charge in [-0.15, -0.1) is 0 Å². The second kappa shape index (κ2) is 6.98. The minimum Gasteiger partial charge on any atom is -0.475 e. The molecule has 26 heavy (non-hydrogen) atoms. The molecule has 1 unspecified atom stereocenters. The number of hydrogen-bond donors (Lipinski definition) is 2. The minimum atomic E-state index is -5.08. The van der Waals surface area contributed by atoms with Crippen LogP contribution in [-0.4, -0.2) is 42.0 Å². The van der Waals surface area contributed by atoms with Gasteiger partial charge < -0.3 is 20.1 Å². The summed E-state index contributed by atoms with van der Waals surface area (Å²) in [5, 5.41) is 7.12. The number of alkyl halides is 3. The molecule has 0 amide bonds. The van der Waals surface area contributed by atoms with E-state index in [0.717, 1.165) is 18.8 Å². The van der Waals surface area contributed by atoms with Gasteiger partial charge in [0.15, 0.2) is 0 Å². The molecule has 3 saturated carbocycles. The summed E-state index contributed by atoms with van der Waals surface area (Å²) >= 11 is 0. The highest BCUT2D eigenvalue weighted by Gasteiger charge is 2.68. The number of carboxylic acids is 1. The Labute approximate surface area is 152 Å². The van der Waals surface area contributed by atoms with Gasteiger partial charge in [-0.05, 0) is 49.4 Å². The van der Waals surface area contributed by atoms with Gasteiger partial charge >= 0.3 is 19.3 Å². The Morgan fingerprint density at radius 1 is 1.31 bits per heavy atom. The first-order valence-corrected chi connectivity index (χ1v) is 9.08. The first-order valence-electron chi connectivity index (χ1n) is 9.08. The van der Waals surface area contributed by atoms with Crippen molar-refractivity contribution in [1.29, 1.82) is 0 Å². The molecule has 1 aliphatic heterocycles. The zero-order chi connectivity index (χ0) is 20.1. The van der Waals surface area contributed by atoms with Crippen LogP contribution in [0, 0.1) is 23.2 Å². The van der Waals surface area contributed by atoms with Crippen LogP contribution in [0.5, 0.6) is 0 Å². The molecule has 1 saturated heterocycles. The zero-order valence-electron chi connectivity index (χ0n) is 16.0. The van der Waals surface area contributed by atoms with E-state index < -0.39 is 12.1 Å². The van der Waals surface area contributed by atoms with E-state index in [-0.39, 0.29) is 24.8 Å². The number of aliphatic carboxylic acids is 1. The fourth-order valence-corrected chi connectivity index (χ4v) is 4.74. The molecule has 4 fully saturated rings. The molecule has 1 heterocycles. The fraction of sp³-hybridized carbons (Fsp3) is 0.941. The van der Waals surface area contributed by atoms with Gasteiger partial charge in [0, 0.05) is 5.94 Å². The third kappa shape index (κ3) is 3.89. The van der Waals surface area contributed by atoms with Gasteiger partial charge in [-0.3, -0.25) is 0 Å². The van der Waals surface area contributed by atoms with Gasteiger partial charge in [0.2, 0.25) is 0 Å². The van der Waals surface area contributed by atoms with Gasteiger partial charge in [0.25, 0.3) is 0 Å². The van der Waals surface area contributed by atoms with Gasteiger partial charge in [-0.1, -0.05) is 27.7 Å². The van der Waals surface area contributed by atoms with E-state index in [1.807, 2.05) is 0 Å². The topological polar surface area (TPSA) is 81.8 Å². The second-order valence-electron chi connectivity index (χ2n) is 8.93. The highest BCUT2D eigenvalue weighted by atomic mass is 19.4. The highest BCUT2D eigenvalue weighted by molar-refractivity contribution is 6.47. The molecule has 0 spiro atoms. The average molecular weight is 379 g/mol. The molecule has 5 atom stereocenters. The Bertz CT molecular complexity index is 543. The summed E-state index contributed by atoms with van der Waals surface area (Å²) in [7, 11) is -0.201. The Morgan fingerprint density at radius 2 is 1.85 bits per heavy atom. The van der Waals surface area contributed by atoms with Gasteiger partial charge in [0.05, 0.1) is 11.7 Å². The van der Waals surface area contributed by atoms with E-state index >= 15 is 0 Å². The van der Waals surface area contributed by atoms with Crippen molar-refractivity contribution in [2.24, 2.45) is 28.9 Å². The van der Waals surface area contributed by atoms with Crippen LogP contribution in [0.25, 0.3) is 0 Å². The third-order valence-electron chi connectivity index (χ3n) is 6.30. The molecule has 0 aromatic carbocycles. The van der Waals surface area contributed by atoms with E-state index in [2.05, 4.69) is 34.6 Å². The van der Waals surface area contributed by atoms with Crippen molar-refractivity contribution >= 4 is 13.1 Å². The molecular formula is C17H29BF3NO4. The molecule has 9 heteroatoms. The molecule has 2 bridgehead atoms. The van der Waals surface area contributed by atoms with Crippen LogP contribution in [-0.2, 0) is 14.1 Å². The summed E-state index contributed by atoms with van der Waals surface area (Å²) in [6.07, 6.45) is -1.42. The molecule has 5 nitrogen and oxygen atoms in total. The Balaban J connectivity index is 0.000000298. The molecule has 0 aromatic heterocycles. The lowest BCUT2D eigenvalue weighted by Gasteiger charge is -2.64. The maximum atomic E-state index is 10.6. The van der Waals surface area contributed by atoms with Crippen LogP contribution in [0.3, 0.4) is 0 Å². The second-order valence-corrected chi connectivity index (χ2v) is 8.93. The summed E-state index contributed by atoms with van der Waals surface area (Å²) in [5.74, 6) is -0.739. The number of hydrogen-bond acceptors (Lipinski definition) is 4. The van der Waals surface area contributed by atoms with Crippen molar-refractivity contribution in [3.05, 3.63) is 0 Å². The number of nitrogens with two attached hydrogens (primary N) is 1. The lowest BCUT2D eigenvalue weighted by molar-refractivity contribution is -0.199. The Morgan fingerprint density at radius 3 is 2.27 bits per heavy atom. The summed E-state index contributed by atoms with van der Waals surface area (Å²) in [4.78, 5) is 8.90. The predicted molar refractivity (Wildman–Crippen MR) is 91.2 cm³/mol. The van der Waals surface area contributed by atoms with Crippen molar-refractivity contribution < 1.29 is 32.4 Å². The summed E-state index contributed by atoms with van der Waals surface area (Å²) in [5.41, 5.74) is 6.56.